The molecule has 0 aliphatic carbocycles. The van der Waals surface area contributed by atoms with E-state index in [-0.39, 0.29) is 84.0 Å². The summed E-state index contributed by atoms with van der Waals surface area (Å²) in [5, 5.41) is 4.88. The standard InChI is InChI=1S/2C7H13NO4S.ClH.2Na.2H/c1-4-6(9)8-7(2,3)5-13(10,11)12;1-4-6(9)8-7(2,3)5-12-13(10)11;;;;;/h4H,1,5H2,2-3H3,(H,8,9)(H,10,11,12);4,13H,1,5H2,2-3H3,(H,8,9);1H;;;;. The first kappa shape index (κ1) is 39.9. The molecule has 2 amide bonds. The number of carbonyl (C=O) groups is 2. The second kappa shape index (κ2) is 18.1. The molecule has 0 heterocycles. The third-order valence-electron chi connectivity index (χ3n) is 2.37. The van der Waals surface area contributed by atoms with E-state index in [1.165, 1.54) is 13.8 Å². The average Bonchev–Trinajstić information content (AvgIpc) is 2.42. The molecule has 0 aromatic rings. The van der Waals surface area contributed by atoms with Crippen molar-refractivity contribution in [1.29, 1.82) is 0 Å². The van der Waals surface area contributed by atoms with Crippen LogP contribution in [-0.2, 0) is 34.9 Å². The number of amides is 2. The van der Waals surface area contributed by atoms with Gasteiger partial charge in [0.15, 0.2) is 0 Å². The van der Waals surface area contributed by atoms with Crippen molar-refractivity contribution >= 4 is 104 Å². The van der Waals surface area contributed by atoms with Gasteiger partial charge in [-0.05, 0) is 39.8 Å². The first-order chi connectivity index (χ1) is 11.5. The number of hydrogen-bond donors (Lipinski definition) is 4. The third-order valence-corrected chi connectivity index (χ3v) is 3.79. The van der Waals surface area contributed by atoms with Crippen molar-refractivity contribution in [3.63, 3.8) is 0 Å². The number of thiol groups is 1. The van der Waals surface area contributed by atoms with Crippen molar-refractivity contribution < 1.29 is 35.2 Å². The average molecular weight is 499 g/mol. The van der Waals surface area contributed by atoms with Crippen molar-refractivity contribution in [2.45, 2.75) is 38.8 Å². The number of halogens is 1. The molecule has 164 valence electrons. The molecular formula is C14H29ClN2Na2O8S2. The molecule has 0 bridgehead atoms. The molecule has 0 spiro atoms. The van der Waals surface area contributed by atoms with E-state index in [4.69, 9.17) is 4.55 Å². The van der Waals surface area contributed by atoms with Gasteiger partial charge >= 0.3 is 59.1 Å². The predicted molar refractivity (Wildman–Crippen MR) is 119 cm³/mol. The molecule has 0 fully saturated rings. The minimum atomic E-state index is -4.08. The van der Waals surface area contributed by atoms with Gasteiger partial charge in [0.25, 0.3) is 21.1 Å². The summed E-state index contributed by atoms with van der Waals surface area (Å²) in [5.41, 5.74) is -1.72. The number of rotatable bonds is 9. The Morgan fingerprint density at radius 2 is 1.34 bits per heavy atom. The van der Waals surface area contributed by atoms with Crippen molar-refractivity contribution in [1.82, 2.24) is 10.6 Å². The quantitative estimate of drug-likeness (QED) is 0.132. The van der Waals surface area contributed by atoms with Crippen molar-refractivity contribution in [2.75, 3.05) is 12.4 Å². The van der Waals surface area contributed by atoms with Crippen LogP contribution in [0.3, 0.4) is 0 Å². The Kier molecular flexibility index (Phi) is 25.0. The molecule has 0 aliphatic rings. The van der Waals surface area contributed by atoms with Gasteiger partial charge in [0.2, 0.25) is 11.8 Å². The third kappa shape index (κ3) is 28.5. The summed E-state index contributed by atoms with van der Waals surface area (Å²) < 4.78 is 54.0. The molecule has 0 saturated heterocycles. The molecular weight excluding hydrogens is 470 g/mol. The van der Waals surface area contributed by atoms with Gasteiger partial charge in [-0.15, -0.1) is 12.4 Å². The second-order valence-corrected chi connectivity index (χ2v) is 8.54. The number of nitrogens with one attached hydrogen (secondary N) is 2. The van der Waals surface area contributed by atoms with E-state index in [2.05, 4.69) is 28.0 Å². The van der Waals surface area contributed by atoms with Crippen LogP contribution < -0.4 is 10.6 Å². The molecule has 3 N–H and O–H groups in total. The van der Waals surface area contributed by atoms with Crippen molar-refractivity contribution in [2.24, 2.45) is 0 Å². The predicted octanol–water partition coefficient (Wildman–Crippen LogP) is -1.31. The Hall–Kier alpha value is 0.530. The van der Waals surface area contributed by atoms with Crippen LogP contribution in [0.15, 0.2) is 25.3 Å². The van der Waals surface area contributed by atoms with Crippen molar-refractivity contribution in [3.05, 3.63) is 25.3 Å². The summed E-state index contributed by atoms with van der Waals surface area (Å²) in [6, 6.07) is 0. The van der Waals surface area contributed by atoms with Crippen LogP contribution >= 0.6 is 12.4 Å². The molecule has 0 unspecified atom stereocenters. The van der Waals surface area contributed by atoms with Crippen LogP contribution in [0.5, 0.6) is 0 Å². The maximum absolute atomic E-state index is 10.8. The minimum absolute atomic E-state index is 0. The fourth-order valence-electron chi connectivity index (χ4n) is 1.51. The van der Waals surface area contributed by atoms with Gasteiger partial charge in [-0.2, -0.15) is 8.42 Å². The van der Waals surface area contributed by atoms with E-state index < -0.39 is 43.8 Å². The summed E-state index contributed by atoms with van der Waals surface area (Å²) in [7, 11) is -6.96. The normalized spacial score (nSPS) is 10.6. The molecule has 0 saturated carbocycles. The van der Waals surface area contributed by atoms with E-state index in [9.17, 15) is 26.4 Å². The van der Waals surface area contributed by atoms with E-state index in [0.717, 1.165) is 12.2 Å². The fourth-order valence-corrected chi connectivity index (χ4v) is 2.92. The number of carbonyl (C=O) groups excluding carboxylic acids is 2. The maximum atomic E-state index is 10.8. The molecule has 0 aliphatic heterocycles. The fraction of sp³-hybridized carbons (Fsp3) is 0.571. The van der Waals surface area contributed by atoms with E-state index in [1.54, 1.807) is 13.8 Å². The van der Waals surface area contributed by atoms with Gasteiger partial charge in [-0.3, -0.25) is 18.3 Å². The zero-order valence-electron chi connectivity index (χ0n) is 15.6. The zero-order chi connectivity index (χ0) is 21.2. The van der Waals surface area contributed by atoms with Crippen LogP contribution in [0.25, 0.3) is 0 Å². The molecule has 0 aromatic heterocycles. The van der Waals surface area contributed by atoms with E-state index in [0.29, 0.717) is 0 Å². The Morgan fingerprint density at radius 1 is 1.00 bits per heavy atom. The van der Waals surface area contributed by atoms with Gasteiger partial charge in [0, 0.05) is 0 Å². The van der Waals surface area contributed by atoms with Crippen LogP contribution in [0.4, 0.5) is 0 Å². The topological polar surface area (TPSA) is 156 Å². The Balaban J connectivity index is -0.000000120. The van der Waals surface area contributed by atoms with Crippen LogP contribution in [0.2, 0.25) is 0 Å². The zero-order valence-corrected chi connectivity index (χ0v) is 18.1. The Morgan fingerprint density at radius 3 is 1.62 bits per heavy atom. The van der Waals surface area contributed by atoms with Gasteiger partial charge in [-0.1, -0.05) is 13.2 Å². The Bertz CT molecular complexity index is 702. The van der Waals surface area contributed by atoms with E-state index >= 15 is 0 Å². The SMILES string of the molecule is C=CC(=O)NC(C)(C)CO[SH](=O)=O.C=CC(=O)NC(C)(C)CS(=O)(=O)O.Cl.[NaH].[NaH]. The molecule has 0 atom stereocenters. The molecule has 0 radical (unpaired) electrons. The van der Waals surface area contributed by atoms with Crippen LogP contribution in [-0.4, -0.2) is 116 Å². The van der Waals surface area contributed by atoms with Crippen molar-refractivity contribution in [3.8, 4) is 0 Å². The summed E-state index contributed by atoms with van der Waals surface area (Å²) in [4.78, 5) is 21.6. The van der Waals surface area contributed by atoms with Gasteiger partial charge < -0.3 is 10.6 Å². The van der Waals surface area contributed by atoms with Gasteiger partial charge in [-0.25, -0.2) is 8.42 Å². The summed E-state index contributed by atoms with van der Waals surface area (Å²) >= 11 is 0. The van der Waals surface area contributed by atoms with E-state index in [1.807, 2.05) is 0 Å². The molecule has 0 aromatic carbocycles. The Labute approximate surface area is 224 Å². The van der Waals surface area contributed by atoms with Gasteiger partial charge in [0.05, 0.1) is 23.4 Å². The first-order valence-electron chi connectivity index (χ1n) is 7.15. The van der Waals surface area contributed by atoms with Gasteiger partial charge in [0.1, 0.15) is 0 Å². The summed E-state index contributed by atoms with van der Waals surface area (Å²) in [5.74, 6) is -1.37. The molecule has 29 heavy (non-hydrogen) atoms. The summed E-state index contributed by atoms with van der Waals surface area (Å²) in [6.07, 6.45) is 2.14. The van der Waals surface area contributed by atoms with Crippen LogP contribution in [0, 0.1) is 0 Å². The number of hydrogen-bond acceptors (Lipinski definition) is 7. The monoisotopic (exact) mass is 498 g/mol. The molecule has 15 heteroatoms. The molecule has 10 nitrogen and oxygen atoms in total. The second-order valence-electron chi connectivity index (χ2n) is 6.38. The first-order valence-corrected chi connectivity index (χ1v) is 9.85. The van der Waals surface area contributed by atoms with Crippen LogP contribution in [0.1, 0.15) is 27.7 Å². The molecule has 0 rings (SSSR count). The summed E-state index contributed by atoms with van der Waals surface area (Å²) in [6.45, 7) is 12.7.